The molecule has 0 bridgehead atoms. The number of aromatic nitrogens is 2. The van der Waals surface area contributed by atoms with Crippen LogP contribution in [0.15, 0.2) is 200 Å². The van der Waals surface area contributed by atoms with Gasteiger partial charge in [0.1, 0.15) is 0 Å². The van der Waals surface area contributed by atoms with Crippen molar-refractivity contribution in [2.45, 2.75) is 33.9 Å². The number of aryl methyl sites for hydroxylation is 4. The lowest BCUT2D eigenvalue weighted by atomic mass is 9.95. The quantitative estimate of drug-likeness (QED) is 0.147. The van der Waals surface area contributed by atoms with Crippen LogP contribution >= 0.6 is 0 Å². The largest absolute Gasteiger partial charge is 0.415 e. The third kappa shape index (κ3) is 7.96. The Morgan fingerprint density at radius 3 is 1.03 bits per heavy atom. The topological polar surface area (TPSA) is 38.0 Å². The van der Waals surface area contributed by atoms with Crippen molar-refractivity contribution in [2.75, 3.05) is 0 Å². The molecule has 0 atom stereocenters. The molecule has 0 aliphatic heterocycles. The van der Waals surface area contributed by atoms with E-state index in [1.54, 1.807) is 0 Å². The monoisotopic (exact) mass is 962 g/mol. The van der Waals surface area contributed by atoms with Crippen molar-refractivity contribution in [3.05, 3.63) is 245 Å². The molecule has 0 saturated heterocycles. The lowest BCUT2D eigenvalue weighted by Crippen LogP contribution is -2.07. The van der Waals surface area contributed by atoms with Gasteiger partial charge in [0.05, 0.1) is 51.6 Å². The molecule has 12 rings (SSSR count). The van der Waals surface area contributed by atoms with E-state index in [0.29, 0.717) is 11.4 Å². The zero-order valence-corrected chi connectivity index (χ0v) is 41.0. The summed E-state index contributed by atoms with van der Waals surface area (Å²) >= 11 is 0. The zero-order chi connectivity index (χ0) is 51.0. The molecule has 4 nitrogen and oxygen atoms in total. The minimum absolute atomic E-state index is 0.118. The lowest BCUT2D eigenvalue weighted by Gasteiger charge is -2.20. The molecular formula is C67H45F3N4. The molecule has 2 heterocycles. The molecule has 0 unspecified atom stereocenters. The van der Waals surface area contributed by atoms with Gasteiger partial charge in [0.2, 0.25) is 0 Å². The van der Waals surface area contributed by atoms with Gasteiger partial charge < -0.3 is 9.13 Å². The Labute approximate surface area is 426 Å². The van der Waals surface area contributed by atoms with Crippen LogP contribution in [0.1, 0.15) is 33.4 Å². The number of nitrogens with zero attached hydrogens (tertiary/aromatic N) is 4. The first-order chi connectivity index (χ1) is 35.8. The van der Waals surface area contributed by atoms with Crippen LogP contribution in [0.3, 0.4) is 0 Å². The second-order valence-corrected chi connectivity index (χ2v) is 19.4. The molecule has 0 spiro atoms. The Morgan fingerprint density at radius 1 is 0.392 bits per heavy atom. The Morgan fingerprint density at radius 2 is 0.716 bits per heavy atom. The predicted molar refractivity (Wildman–Crippen MR) is 297 cm³/mol. The minimum atomic E-state index is -4.74. The maximum atomic E-state index is 14.7. The maximum absolute atomic E-state index is 14.7. The van der Waals surface area contributed by atoms with Crippen molar-refractivity contribution < 1.29 is 13.2 Å². The summed E-state index contributed by atoms with van der Waals surface area (Å²) in [4.78, 5) is 3.47. The van der Waals surface area contributed by atoms with Gasteiger partial charge in [-0.3, -0.25) is 0 Å². The standard InChI is InChI=1S/C67H45F3N4/c1-40-6-14-44(15-7-40)48-22-26-61-57(32-48)58-33-49(45-16-8-41(2)9-17-45)23-27-62(58)73(61)65-36-53(39-71)56(52-30-54(67(68,69)70)37-55(31-52)72-5)38-66(65)74-63-28-24-50(46-18-10-42(3)11-19-46)34-59(63)60-35-51(25-29-64(60)74)47-20-12-43(4)13-21-47/h6-38H,1-4H3. The molecular weight excluding hydrogens is 918 g/mol. The summed E-state index contributed by atoms with van der Waals surface area (Å²) in [6, 6.07) is 69.1. The van der Waals surface area contributed by atoms with Gasteiger partial charge in [-0.15, -0.1) is 0 Å². The first kappa shape index (κ1) is 45.7. The molecule has 74 heavy (non-hydrogen) atoms. The van der Waals surface area contributed by atoms with E-state index in [2.05, 4.69) is 218 Å². The first-order valence-electron chi connectivity index (χ1n) is 24.5. The molecule has 10 aromatic carbocycles. The van der Waals surface area contributed by atoms with Gasteiger partial charge in [0, 0.05) is 32.7 Å². The first-order valence-corrected chi connectivity index (χ1v) is 24.5. The van der Waals surface area contributed by atoms with Gasteiger partial charge in [-0.05, 0) is 157 Å². The van der Waals surface area contributed by atoms with Crippen molar-refractivity contribution in [3.8, 4) is 73.1 Å². The van der Waals surface area contributed by atoms with Gasteiger partial charge in [-0.1, -0.05) is 144 Å². The van der Waals surface area contributed by atoms with E-state index in [9.17, 15) is 18.4 Å². The molecule has 0 amide bonds. The highest BCUT2D eigenvalue weighted by Gasteiger charge is 2.32. The molecule has 12 aromatic rings. The average Bonchev–Trinajstić information content (AvgIpc) is 3.95. The van der Waals surface area contributed by atoms with Gasteiger partial charge in [0.15, 0.2) is 5.69 Å². The van der Waals surface area contributed by atoms with E-state index in [0.717, 1.165) is 123 Å². The molecule has 0 N–H and O–H groups in total. The summed E-state index contributed by atoms with van der Waals surface area (Å²) in [5, 5.41) is 15.1. The summed E-state index contributed by atoms with van der Waals surface area (Å²) in [5.74, 6) is 0. The van der Waals surface area contributed by atoms with E-state index in [1.807, 2.05) is 12.1 Å². The average molecular weight is 963 g/mol. The smallest absolute Gasteiger partial charge is 0.307 e. The Bertz CT molecular complexity index is 4110. The Balaban J connectivity index is 1.21. The normalized spacial score (nSPS) is 11.7. The molecule has 0 fully saturated rings. The zero-order valence-electron chi connectivity index (χ0n) is 41.0. The number of nitriles is 1. The fraction of sp³-hybridized carbons (Fsp3) is 0.0746. The maximum Gasteiger partial charge on any atom is 0.415 e. The SMILES string of the molecule is [C-]#[N+]c1cc(-c2cc(-n3c4ccc(-c5ccc(C)cc5)cc4c4cc(-c5ccc(C)cc5)ccc43)c(-n3c4ccc(-c5ccc(C)cc5)cc4c4cc(-c5ccc(C)cc5)ccc43)cc2C#N)cc(C(F)(F)F)c1. The summed E-state index contributed by atoms with van der Waals surface area (Å²) in [6.07, 6.45) is -4.74. The van der Waals surface area contributed by atoms with E-state index in [4.69, 9.17) is 6.57 Å². The highest BCUT2D eigenvalue weighted by molar-refractivity contribution is 6.14. The molecule has 354 valence electrons. The van der Waals surface area contributed by atoms with Crippen LogP contribution in [0.4, 0.5) is 18.9 Å². The van der Waals surface area contributed by atoms with Gasteiger partial charge >= 0.3 is 6.18 Å². The number of hydrogen-bond donors (Lipinski definition) is 0. The summed E-state index contributed by atoms with van der Waals surface area (Å²) < 4.78 is 48.4. The number of fused-ring (bicyclic) bond motifs is 6. The predicted octanol–water partition coefficient (Wildman–Crippen LogP) is 18.9. The Hall–Kier alpha value is -9.43. The number of hydrogen-bond acceptors (Lipinski definition) is 1. The van der Waals surface area contributed by atoms with Crippen molar-refractivity contribution in [1.29, 1.82) is 5.26 Å². The summed E-state index contributed by atoms with van der Waals surface area (Å²) in [5.41, 5.74) is 17.3. The van der Waals surface area contributed by atoms with Crippen LogP contribution < -0.4 is 0 Å². The van der Waals surface area contributed by atoms with Crippen molar-refractivity contribution in [2.24, 2.45) is 0 Å². The van der Waals surface area contributed by atoms with Crippen LogP contribution in [0.2, 0.25) is 0 Å². The summed E-state index contributed by atoms with van der Waals surface area (Å²) in [7, 11) is 0. The van der Waals surface area contributed by atoms with E-state index < -0.39 is 11.7 Å². The molecule has 0 radical (unpaired) electrons. The number of benzene rings is 10. The van der Waals surface area contributed by atoms with E-state index in [1.165, 1.54) is 6.07 Å². The minimum Gasteiger partial charge on any atom is -0.307 e. The molecule has 0 saturated carbocycles. The fourth-order valence-corrected chi connectivity index (χ4v) is 10.5. The van der Waals surface area contributed by atoms with E-state index in [-0.39, 0.29) is 22.4 Å². The number of halogens is 3. The third-order valence-corrected chi connectivity index (χ3v) is 14.5. The highest BCUT2D eigenvalue weighted by atomic mass is 19.4. The molecule has 0 aliphatic carbocycles. The van der Waals surface area contributed by atoms with Crippen LogP contribution in [-0.2, 0) is 6.18 Å². The molecule has 2 aromatic heterocycles. The van der Waals surface area contributed by atoms with E-state index >= 15 is 0 Å². The van der Waals surface area contributed by atoms with Crippen LogP contribution in [0, 0.1) is 45.6 Å². The van der Waals surface area contributed by atoms with Gasteiger partial charge in [-0.2, -0.15) is 18.4 Å². The van der Waals surface area contributed by atoms with Gasteiger partial charge in [-0.25, -0.2) is 4.85 Å². The Kier molecular flexibility index (Phi) is 10.9. The second kappa shape index (κ2) is 17.7. The van der Waals surface area contributed by atoms with Crippen LogP contribution in [0.25, 0.3) is 115 Å². The number of alkyl halides is 3. The molecule has 7 heteroatoms. The van der Waals surface area contributed by atoms with Crippen LogP contribution in [0.5, 0.6) is 0 Å². The van der Waals surface area contributed by atoms with Crippen molar-refractivity contribution in [3.63, 3.8) is 0 Å². The van der Waals surface area contributed by atoms with Gasteiger partial charge in [0.25, 0.3) is 0 Å². The van der Waals surface area contributed by atoms with Crippen molar-refractivity contribution >= 4 is 49.3 Å². The highest BCUT2D eigenvalue weighted by Crippen LogP contribution is 2.45. The third-order valence-electron chi connectivity index (χ3n) is 14.5. The lowest BCUT2D eigenvalue weighted by molar-refractivity contribution is -0.137. The van der Waals surface area contributed by atoms with Crippen molar-refractivity contribution in [1.82, 2.24) is 9.13 Å². The fourth-order valence-electron chi connectivity index (χ4n) is 10.5. The second-order valence-electron chi connectivity index (χ2n) is 19.4. The summed E-state index contributed by atoms with van der Waals surface area (Å²) in [6.45, 7) is 16.1. The van der Waals surface area contributed by atoms with Crippen LogP contribution in [-0.4, -0.2) is 9.13 Å². The number of rotatable bonds is 7. The molecule has 0 aliphatic rings.